The van der Waals surface area contributed by atoms with Gasteiger partial charge in [-0.1, -0.05) is 0 Å². The number of rotatable bonds is 2. The molecule has 2 aliphatic heterocycles. The van der Waals surface area contributed by atoms with Crippen molar-refractivity contribution in [3.05, 3.63) is 0 Å². The number of nitrogens with one attached hydrogen (secondary N) is 2. The van der Waals surface area contributed by atoms with E-state index < -0.39 is 0 Å². The second kappa shape index (κ2) is 4.91. The Labute approximate surface area is 80.3 Å². The standard InChI is InChI=1S/C9H20N4/c1-5-12(6-2-10-1)9-13-7-3-11-4-8-13/h10-11H,1-9H2. The van der Waals surface area contributed by atoms with Crippen LogP contribution in [0.15, 0.2) is 0 Å². The first-order chi connectivity index (χ1) is 6.45. The van der Waals surface area contributed by atoms with Gasteiger partial charge in [-0.2, -0.15) is 0 Å². The predicted molar refractivity (Wildman–Crippen MR) is 53.8 cm³/mol. The molecule has 2 aliphatic rings. The minimum atomic E-state index is 1.16. The van der Waals surface area contributed by atoms with Crippen molar-refractivity contribution < 1.29 is 0 Å². The van der Waals surface area contributed by atoms with E-state index in [0.29, 0.717) is 0 Å². The summed E-state index contributed by atoms with van der Waals surface area (Å²) in [6.07, 6.45) is 0. The fourth-order valence-electron chi connectivity index (χ4n) is 1.99. The monoisotopic (exact) mass is 184 g/mol. The molecule has 0 amide bonds. The third kappa shape index (κ3) is 2.91. The molecule has 0 aromatic heterocycles. The van der Waals surface area contributed by atoms with Crippen molar-refractivity contribution in [2.24, 2.45) is 0 Å². The molecule has 4 heteroatoms. The molecule has 0 bridgehead atoms. The summed E-state index contributed by atoms with van der Waals surface area (Å²) in [5, 5.41) is 6.76. The fourth-order valence-corrected chi connectivity index (χ4v) is 1.99. The van der Waals surface area contributed by atoms with Crippen molar-refractivity contribution in [2.45, 2.75) is 0 Å². The topological polar surface area (TPSA) is 30.5 Å². The minimum Gasteiger partial charge on any atom is -0.314 e. The molecule has 2 saturated heterocycles. The first kappa shape index (κ1) is 9.40. The van der Waals surface area contributed by atoms with E-state index in [9.17, 15) is 0 Å². The van der Waals surface area contributed by atoms with Gasteiger partial charge in [0.25, 0.3) is 0 Å². The summed E-state index contributed by atoms with van der Waals surface area (Å²) in [6.45, 7) is 10.7. The maximum atomic E-state index is 3.38. The van der Waals surface area contributed by atoms with Gasteiger partial charge in [0, 0.05) is 52.4 Å². The summed E-state index contributed by atoms with van der Waals surface area (Å²) in [6, 6.07) is 0. The second-order valence-corrected chi connectivity index (χ2v) is 3.88. The van der Waals surface area contributed by atoms with Gasteiger partial charge in [0.05, 0.1) is 6.67 Å². The van der Waals surface area contributed by atoms with E-state index in [1.807, 2.05) is 0 Å². The molecule has 0 aromatic carbocycles. The largest absolute Gasteiger partial charge is 0.314 e. The molecule has 2 fully saturated rings. The van der Waals surface area contributed by atoms with Crippen LogP contribution >= 0.6 is 0 Å². The molecular weight excluding hydrogens is 164 g/mol. The quantitative estimate of drug-likeness (QED) is 0.562. The molecule has 0 unspecified atom stereocenters. The highest BCUT2D eigenvalue weighted by Gasteiger charge is 2.15. The highest BCUT2D eigenvalue weighted by molar-refractivity contribution is 4.71. The van der Waals surface area contributed by atoms with Crippen LogP contribution in [0.2, 0.25) is 0 Å². The molecule has 76 valence electrons. The molecule has 0 spiro atoms. The first-order valence-corrected chi connectivity index (χ1v) is 5.31. The Kier molecular flexibility index (Phi) is 3.55. The Morgan fingerprint density at radius 2 is 1.08 bits per heavy atom. The molecule has 0 aliphatic carbocycles. The molecule has 0 aromatic rings. The summed E-state index contributed by atoms with van der Waals surface area (Å²) in [5.41, 5.74) is 0. The van der Waals surface area contributed by atoms with Crippen LogP contribution in [0.25, 0.3) is 0 Å². The smallest absolute Gasteiger partial charge is 0.0508 e. The normalized spacial score (nSPS) is 27.7. The van der Waals surface area contributed by atoms with E-state index in [1.165, 1.54) is 32.8 Å². The molecule has 2 heterocycles. The van der Waals surface area contributed by atoms with E-state index in [-0.39, 0.29) is 0 Å². The highest BCUT2D eigenvalue weighted by atomic mass is 15.3. The zero-order valence-corrected chi connectivity index (χ0v) is 8.26. The Morgan fingerprint density at radius 1 is 0.692 bits per heavy atom. The minimum absolute atomic E-state index is 1.16. The molecule has 2 rings (SSSR count). The van der Waals surface area contributed by atoms with Crippen LogP contribution in [-0.2, 0) is 0 Å². The average molecular weight is 184 g/mol. The summed E-state index contributed by atoms with van der Waals surface area (Å²) in [5.74, 6) is 0. The maximum Gasteiger partial charge on any atom is 0.0508 e. The Morgan fingerprint density at radius 3 is 1.46 bits per heavy atom. The molecule has 0 saturated carbocycles. The Hall–Kier alpha value is -0.160. The summed E-state index contributed by atoms with van der Waals surface area (Å²) in [7, 11) is 0. The highest BCUT2D eigenvalue weighted by Crippen LogP contribution is 1.97. The third-order valence-corrected chi connectivity index (χ3v) is 2.82. The molecule has 13 heavy (non-hydrogen) atoms. The van der Waals surface area contributed by atoms with Crippen LogP contribution in [0.3, 0.4) is 0 Å². The fraction of sp³-hybridized carbons (Fsp3) is 1.00. The molecule has 4 nitrogen and oxygen atoms in total. The van der Waals surface area contributed by atoms with Gasteiger partial charge < -0.3 is 10.6 Å². The van der Waals surface area contributed by atoms with E-state index in [4.69, 9.17) is 0 Å². The van der Waals surface area contributed by atoms with Crippen molar-refractivity contribution in [3.63, 3.8) is 0 Å². The third-order valence-electron chi connectivity index (χ3n) is 2.82. The second-order valence-electron chi connectivity index (χ2n) is 3.88. The molecular formula is C9H20N4. The maximum absolute atomic E-state index is 3.38. The number of piperazine rings is 2. The Bertz CT molecular complexity index is 123. The van der Waals surface area contributed by atoms with Gasteiger partial charge in [-0.25, -0.2) is 0 Å². The number of nitrogens with zero attached hydrogens (tertiary/aromatic N) is 2. The van der Waals surface area contributed by atoms with E-state index in [1.54, 1.807) is 0 Å². The van der Waals surface area contributed by atoms with Crippen molar-refractivity contribution in [1.82, 2.24) is 20.4 Å². The van der Waals surface area contributed by atoms with Crippen molar-refractivity contribution in [2.75, 3.05) is 59.0 Å². The van der Waals surface area contributed by atoms with Gasteiger partial charge in [0.2, 0.25) is 0 Å². The lowest BCUT2D eigenvalue weighted by Crippen LogP contribution is -2.52. The lowest BCUT2D eigenvalue weighted by atomic mass is 10.3. The van der Waals surface area contributed by atoms with E-state index in [2.05, 4.69) is 20.4 Å². The van der Waals surface area contributed by atoms with Gasteiger partial charge in [0.15, 0.2) is 0 Å². The van der Waals surface area contributed by atoms with Crippen LogP contribution in [0.5, 0.6) is 0 Å². The predicted octanol–water partition coefficient (Wildman–Crippen LogP) is -1.25. The van der Waals surface area contributed by atoms with Gasteiger partial charge in [-0.3, -0.25) is 9.80 Å². The van der Waals surface area contributed by atoms with Crippen LogP contribution in [0.4, 0.5) is 0 Å². The van der Waals surface area contributed by atoms with E-state index in [0.717, 1.165) is 26.2 Å². The van der Waals surface area contributed by atoms with Crippen LogP contribution < -0.4 is 10.6 Å². The summed E-state index contributed by atoms with van der Waals surface area (Å²) in [4.78, 5) is 5.09. The zero-order chi connectivity index (χ0) is 8.93. The molecule has 2 N–H and O–H groups in total. The van der Waals surface area contributed by atoms with Crippen molar-refractivity contribution in [1.29, 1.82) is 0 Å². The lowest BCUT2D eigenvalue weighted by Gasteiger charge is -2.35. The first-order valence-electron chi connectivity index (χ1n) is 5.31. The number of hydrogen-bond acceptors (Lipinski definition) is 4. The summed E-state index contributed by atoms with van der Waals surface area (Å²) < 4.78 is 0. The van der Waals surface area contributed by atoms with Crippen molar-refractivity contribution in [3.8, 4) is 0 Å². The van der Waals surface area contributed by atoms with Crippen molar-refractivity contribution >= 4 is 0 Å². The van der Waals surface area contributed by atoms with Crippen LogP contribution in [0.1, 0.15) is 0 Å². The van der Waals surface area contributed by atoms with Crippen LogP contribution in [0, 0.1) is 0 Å². The summed E-state index contributed by atoms with van der Waals surface area (Å²) >= 11 is 0. The average Bonchev–Trinajstić information content (AvgIpc) is 2.21. The van der Waals surface area contributed by atoms with E-state index >= 15 is 0 Å². The SMILES string of the molecule is C1CN(CN2CCNCC2)CCN1. The van der Waals surface area contributed by atoms with Crippen LogP contribution in [-0.4, -0.2) is 68.8 Å². The Balaban J connectivity index is 1.69. The van der Waals surface area contributed by atoms with Gasteiger partial charge >= 0.3 is 0 Å². The lowest BCUT2D eigenvalue weighted by molar-refractivity contribution is 0.108. The number of hydrogen-bond donors (Lipinski definition) is 2. The molecule has 0 atom stereocenters. The van der Waals surface area contributed by atoms with Gasteiger partial charge in [-0.05, 0) is 0 Å². The van der Waals surface area contributed by atoms with Gasteiger partial charge in [0.1, 0.15) is 0 Å². The molecule has 0 radical (unpaired) electrons. The van der Waals surface area contributed by atoms with Gasteiger partial charge in [-0.15, -0.1) is 0 Å². The zero-order valence-electron chi connectivity index (χ0n) is 8.26.